The van der Waals surface area contributed by atoms with E-state index in [1.165, 1.54) is 11.3 Å². The molecule has 0 spiro atoms. The van der Waals surface area contributed by atoms with Crippen LogP contribution in [0.5, 0.6) is 11.5 Å². The van der Waals surface area contributed by atoms with Crippen molar-refractivity contribution in [1.82, 2.24) is 15.5 Å². The third-order valence-electron chi connectivity index (χ3n) is 5.71. The first-order valence-corrected chi connectivity index (χ1v) is 11.3. The predicted octanol–water partition coefficient (Wildman–Crippen LogP) is 2.21. The lowest BCUT2D eigenvalue weighted by Gasteiger charge is -2.31. The Morgan fingerprint density at radius 2 is 2.03 bits per heavy atom. The average Bonchev–Trinajstić information content (AvgIpc) is 3.46. The summed E-state index contributed by atoms with van der Waals surface area (Å²) in [7, 11) is 3.18. The second-order valence-electron chi connectivity index (χ2n) is 7.67. The number of amides is 2. The molecule has 0 saturated carbocycles. The molecule has 31 heavy (non-hydrogen) atoms. The van der Waals surface area contributed by atoms with E-state index in [2.05, 4.69) is 20.4 Å². The highest BCUT2D eigenvalue weighted by Gasteiger charge is 2.30. The number of nitrogens with one attached hydrogen (secondary N) is 1. The van der Waals surface area contributed by atoms with Gasteiger partial charge in [0, 0.05) is 38.2 Å². The van der Waals surface area contributed by atoms with Crippen LogP contribution in [0.2, 0.25) is 0 Å². The largest absolute Gasteiger partial charge is 0.493 e. The molecule has 1 atom stereocenters. The second kappa shape index (κ2) is 9.51. The number of aromatic nitrogens is 2. The number of nitrogens with zero attached hydrogens (tertiary/aromatic N) is 4. The molecular formula is C21H27N5O4S. The Kier molecular flexibility index (Phi) is 6.55. The van der Waals surface area contributed by atoms with Crippen LogP contribution < -0.4 is 24.6 Å². The molecule has 2 aliphatic heterocycles. The molecule has 2 aliphatic rings. The zero-order valence-corrected chi connectivity index (χ0v) is 18.6. The molecule has 1 aromatic heterocycles. The van der Waals surface area contributed by atoms with Gasteiger partial charge in [-0.2, -0.15) is 0 Å². The van der Waals surface area contributed by atoms with Crippen molar-refractivity contribution >= 4 is 33.4 Å². The molecule has 2 aromatic rings. The number of hydrogen-bond donors (Lipinski definition) is 1. The maximum atomic E-state index is 12.9. The highest BCUT2D eigenvalue weighted by Crippen LogP contribution is 2.33. The first-order valence-electron chi connectivity index (χ1n) is 10.5. The maximum Gasteiger partial charge on any atom is 0.228 e. The quantitative estimate of drug-likeness (QED) is 0.698. The molecule has 1 N–H and O–H groups in total. The SMILES string of the molecule is COc1cccc(CNC(=O)C2CCCN(c3nnc(N4CCCC4=O)s3)C2)c1OC. The fourth-order valence-electron chi connectivity index (χ4n) is 4.08. The van der Waals surface area contributed by atoms with Gasteiger partial charge < -0.3 is 19.7 Å². The molecule has 4 rings (SSSR count). The van der Waals surface area contributed by atoms with Crippen molar-refractivity contribution in [3.05, 3.63) is 23.8 Å². The van der Waals surface area contributed by atoms with Crippen molar-refractivity contribution in [1.29, 1.82) is 0 Å². The molecule has 1 aromatic carbocycles. The van der Waals surface area contributed by atoms with Crippen LogP contribution in [0, 0.1) is 5.92 Å². The maximum absolute atomic E-state index is 12.9. The van der Waals surface area contributed by atoms with Gasteiger partial charge in [-0.1, -0.05) is 23.5 Å². The minimum atomic E-state index is -0.133. The molecule has 0 aliphatic carbocycles. The number of piperidine rings is 1. The van der Waals surface area contributed by atoms with Crippen molar-refractivity contribution in [3.8, 4) is 11.5 Å². The van der Waals surface area contributed by atoms with Crippen molar-refractivity contribution in [2.45, 2.75) is 32.2 Å². The zero-order valence-electron chi connectivity index (χ0n) is 17.8. The summed E-state index contributed by atoms with van der Waals surface area (Å²) in [5.41, 5.74) is 0.868. The summed E-state index contributed by atoms with van der Waals surface area (Å²) < 4.78 is 10.8. The Labute approximate surface area is 185 Å². The summed E-state index contributed by atoms with van der Waals surface area (Å²) in [6.45, 7) is 2.49. The third-order valence-corrected chi connectivity index (χ3v) is 6.72. The van der Waals surface area contributed by atoms with E-state index in [1.54, 1.807) is 19.1 Å². The van der Waals surface area contributed by atoms with Crippen LogP contribution in [0.25, 0.3) is 0 Å². The summed E-state index contributed by atoms with van der Waals surface area (Å²) in [6.07, 6.45) is 3.16. The van der Waals surface area contributed by atoms with Gasteiger partial charge in [0.2, 0.25) is 22.1 Å². The number of methoxy groups -OCH3 is 2. The standard InChI is InChI=1S/C21H27N5O4S/c1-29-16-8-3-6-14(18(16)30-2)12-22-19(28)15-7-4-10-25(13-15)20-23-24-21(31-20)26-11-5-9-17(26)27/h3,6,8,15H,4-5,7,9-13H2,1-2H3,(H,22,28). The Hall–Kier alpha value is -2.88. The number of hydrogen-bond acceptors (Lipinski definition) is 8. The number of benzene rings is 1. The zero-order chi connectivity index (χ0) is 21.8. The van der Waals surface area contributed by atoms with Crippen molar-refractivity contribution in [2.75, 3.05) is 43.7 Å². The Morgan fingerprint density at radius 3 is 2.77 bits per heavy atom. The summed E-state index contributed by atoms with van der Waals surface area (Å²) in [5, 5.41) is 12.9. The van der Waals surface area contributed by atoms with Gasteiger partial charge in [0.15, 0.2) is 11.5 Å². The van der Waals surface area contributed by atoms with Gasteiger partial charge >= 0.3 is 0 Å². The van der Waals surface area contributed by atoms with Gasteiger partial charge in [0.05, 0.1) is 20.1 Å². The molecule has 2 fully saturated rings. The number of para-hydroxylation sites is 1. The van der Waals surface area contributed by atoms with Crippen LogP contribution in [0.15, 0.2) is 18.2 Å². The minimum Gasteiger partial charge on any atom is -0.493 e. The molecule has 2 amide bonds. The molecule has 0 bridgehead atoms. The molecular weight excluding hydrogens is 418 g/mol. The number of ether oxygens (including phenoxy) is 2. The smallest absolute Gasteiger partial charge is 0.228 e. The Morgan fingerprint density at radius 1 is 1.19 bits per heavy atom. The third kappa shape index (κ3) is 4.58. The van der Waals surface area contributed by atoms with E-state index >= 15 is 0 Å². The molecule has 166 valence electrons. The number of anilines is 2. The molecule has 3 heterocycles. The Bertz CT molecular complexity index is 950. The monoisotopic (exact) mass is 445 g/mol. The lowest BCUT2D eigenvalue weighted by molar-refractivity contribution is -0.125. The van der Waals surface area contributed by atoms with E-state index in [0.29, 0.717) is 42.7 Å². The second-order valence-corrected chi connectivity index (χ2v) is 8.61. The van der Waals surface area contributed by atoms with E-state index in [4.69, 9.17) is 9.47 Å². The van der Waals surface area contributed by atoms with Crippen LogP contribution in [-0.4, -0.2) is 55.9 Å². The van der Waals surface area contributed by atoms with Gasteiger partial charge in [-0.15, -0.1) is 10.2 Å². The van der Waals surface area contributed by atoms with E-state index in [9.17, 15) is 9.59 Å². The predicted molar refractivity (Wildman–Crippen MR) is 118 cm³/mol. The Balaban J connectivity index is 1.37. The van der Waals surface area contributed by atoms with Gasteiger partial charge in [0.25, 0.3) is 0 Å². The van der Waals surface area contributed by atoms with Crippen molar-refractivity contribution in [3.63, 3.8) is 0 Å². The summed E-state index contributed by atoms with van der Waals surface area (Å²) in [5.74, 6) is 1.25. The first kappa shape index (κ1) is 21.4. The van der Waals surface area contributed by atoms with Crippen molar-refractivity contribution in [2.24, 2.45) is 5.92 Å². The summed E-state index contributed by atoms with van der Waals surface area (Å²) in [6, 6.07) is 5.62. The first-order chi connectivity index (χ1) is 15.1. The molecule has 9 nitrogen and oxygen atoms in total. The number of carbonyl (C=O) groups excluding carboxylic acids is 2. The summed E-state index contributed by atoms with van der Waals surface area (Å²) in [4.78, 5) is 28.6. The lowest BCUT2D eigenvalue weighted by Crippen LogP contribution is -2.43. The summed E-state index contributed by atoms with van der Waals surface area (Å²) >= 11 is 1.42. The molecule has 10 heteroatoms. The van der Waals surface area contributed by atoms with Gasteiger partial charge in [-0.25, -0.2) is 0 Å². The molecule has 2 saturated heterocycles. The fourth-order valence-corrected chi connectivity index (χ4v) is 5.00. The van der Waals surface area contributed by atoms with Gasteiger partial charge in [-0.05, 0) is 25.3 Å². The van der Waals surface area contributed by atoms with Crippen LogP contribution in [0.4, 0.5) is 10.3 Å². The molecule has 1 unspecified atom stereocenters. The van der Waals surface area contributed by atoms with E-state index < -0.39 is 0 Å². The molecule has 0 radical (unpaired) electrons. The topological polar surface area (TPSA) is 96.9 Å². The van der Waals surface area contributed by atoms with E-state index in [-0.39, 0.29) is 17.7 Å². The average molecular weight is 446 g/mol. The van der Waals surface area contributed by atoms with E-state index in [0.717, 1.165) is 36.5 Å². The minimum absolute atomic E-state index is 0.00836. The highest BCUT2D eigenvalue weighted by molar-refractivity contribution is 7.19. The van der Waals surface area contributed by atoms with Crippen LogP contribution in [-0.2, 0) is 16.1 Å². The normalized spacial score (nSPS) is 18.9. The van der Waals surface area contributed by atoms with Crippen LogP contribution in [0.3, 0.4) is 0 Å². The highest BCUT2D eigenvalue weighted by atomic mass is 32.1. The fraction of sp³-hybridized carbons (Fsp3) is 0.524. The van der Waals surface area contributed by atoms with Gasteiger partial charge in [0.1, 0.15) is 0 Å². The number of rotatable bonds is 7. The van der Waals surface area contributed by atoms with Gasteiger partial charge in [-0.3, -0.25) is 14.5 Å². The van der Waals surface area contributed by atoms with Crippen LogP contribution >= 0.6 is 11.3 Å². The number of carbonyl (C=O) groups is 2. The van der Waals surface area contributed by atoms with Crippen molar-refractivity contribution < 1.29 is 19.1 Å². The lowest BCUT2D eigenvalue weighted by atomic mass is 9.97. The van der Waals surface area contributed by atoms with Crippen LogP contribution in [0.1, 0.15) is 31.2 Å². The van der Waals surface area contributed by atoms with E-state index in [1.807, 2.05) is 18.2 Å².